The van der Waals surface area contributed by atoms with Gasteiger partial charge in [-0.3, -0.25) is 9.00 Å². The molecule has 0 bridgehead atoms. The van der Waals surface area contributed by atoms with Crippen molar-refractivity contribution >= 4 is 22.6 Å². The number of benzene rings is 1. The van der Waals surface area contributed by atoms with Crippen LogP contribution in [0.4, 0.5) is 0 Å². The average molecular weight is 359 g/mol. The van der Waals surface area contributed by atoms with Crippen LogP contribution in [-0.2, 0) is 22.1 Å². The predicted molar refractivity (Wildman–Crippen MR) is 97.5 cm³/mol. The number of ether oxygens (including phenoxy) is 1. The summed E-state index contributed by atoms with van der Waals surface area (Å²) in [7, 11) is -1.32. The molecule has 0 N–H and O–H groups in total. The molecule has 2 rings (SSSR count). The molecular weight excluding hydrogens is 338 g/mol. The van der Waals surface area contributed by atoms with E-state index in [1.54, 1.807) is 36.4 Å². The van der Waals surface area contributed by atoms with Gasteiger partial charge < -0.3 is 9.30 Å². The van der Waals surface area contributed by atoms with Gasteiger partial charge >= 0.3 is 5.97 Å². The maximum absolute atomic E-state index is 12.4. The van der Waals surface area contributed by atoms with E-state index in [4.69, 9.17) is 4.74 Å². The summed E-state index contributed by atoms with van der Waals surface area (Å²) in [5.74, 6) is -0.925. The second-order valence-electron chi connectivity index (χ2n) is 5.63. The molecule has 5 nitrogen and oxygen atoms in total. The van der Waals surface area contributed by atoms with Crippen LogP contribution < -0.4 is 0 Å². The molecule has 0 spiro atoms. The average Bonchev–Trinajstić information content (AvgIpc) is 2.88. The number of allylic oxidation sites excluding steroid dienone is 1. The lowest BCUT2D eigenvalue weighted by Gasteiger charge is -2.08. The van der Waals surface area contributed by atoms with Crippen LogP contribution in [0.15, 0.2) is 47.9 Å². The maximum atomic E-state index is 12.4. The number of hydrogen-bond acceptors (Lipinski definition) is 4. The Labute approximate surface area is 149 Å². The minimum atomic E-state index is -1.32. The molecule has 0 aliphatic heterocycles. The Bertz CT molecular complexity index is 851. The third kappa shape index (κ3) is 4.14. The van der Waals surface area contributed by atoms with Gasteiger partial charge in [-0.1, -0.05) is 18.2 Å². The molecule has 25 heavy (non-hydrogen) atoms. The van der Waals surface area contributed by atoms with E-state index >= 15 is 0 Å². The van der Waals surface area contributed by atoms with Crippen molar-refractivity contribution in [3.63, 3.8) is 0 Å². The van der Waals surface area contributed by atoms with Crippen molar-refractivity contribution in [1.29, 1.82) is 0 Å². The molecule has 0 aliphatic carbocycles. The fraction of sp³-hybridized carbons (Fsp3) is 0.263. The van der Waals surface area contributed by atoms with Gasteiger partial charge in [0.05, 0.1) is 21.3 Å². The summed E-state index contributed by atoms with van der Waals surface area (Å²) in [6.07, 6.45) is 3.25. The van der Waals surface area contributed by atoms with E-state index in [0.29, 0.717) is 17.0 Å². The summed E-state index contributed by atoms with van der Waals surface area (Å²) >= 11 is 0. The van der Waals surface area contributed by atoms with Crippen LogP contribution in [0, 0.1) is 13.8 Å². The Balaban J connectivity index is 2.13. The van der Waals surface area contributed by atoms with Gasteiger partial charge in [-0.05, 0) is 32.0 Å². The number of aromatic nitrogens is 1. The molecule has 0 amide bonds. The van der Waals surface area contributed by atoms with Crippen LogP contribution in [0.2, 0.25) is 0 Å². The monoisotopic (exact) mass is 359 g/mol. The number of carbonyl (C=O) groups is 2. The van der Waals surface area contributed by atoms with Crippen molar-refractivity contribution in [3.05, 3.63) is 65.5 Å². The van der Waals surface area contributed by atoms with Gasteiger partial charge in [0.15, 0.2) is 6.61 Å². The van der Waals surface area contributed by atoms with Crippen LogP contribution >= 0.6 is 0 Å². The van der Waals surface area contributed by atoms with E-state index in [2.05, 4.69) is 6.58 Å². The van der Waals surface area contributed by atoms with Crippen molar-refractivity contribution in [1.82, 2.24) is 4.57 Å². The second-order valence-corrected chi connectivity index (χ2v) is 6.98. The van der Waals surface area contributed by atoms with Crippen LogP contribution in [0.5, 0.6) is 0 Å². The summed E-state index contributed by atoms with van der Waals surface area (Å²) in [6.45, 7) is 7.72. The Morgan fingerprint density at radius 2 is 1.92 bits per heavy atom. The topological polar surface area (TPSA) is 65.4 Å². The zero-order valence-corrected chi connectivity index (χ0v) is 15.4. The van der Waals surface area contributed by atoms with E-state index in [9.17, 15) is 13.8 Å². The maximum Gasteiger partial charge on any atom is 0.339 e. The summed E-state index contributed by atoms with van der Waals surface area (Å²) in [6, 6.07) is 8.30. The molecular formula is C19H21NO4S. The number of nitrogens with zero attached hydrogens (tertiary/aromatic N) is 1. The van der Waals surface area contributed by atoms with Gasteiger partial charge in [0.2, 0.25) is 5.78 Å². The first-order valence-corrected chi connectivity index (χ1v) is 9.33. The quantitative estimate of drug-likeness (QED) is 0.433. The Hall–Kier alpha value is -2.47. The van der Waals surface area contributed by atoms with Gasteiger partial charge in [-0.25, -0.2) is 4.79 Å². The summed E-state index contributed by atoms with van der Waals surface area (Å²) in [4.78, 5) is 25.0. The zero-order valence-electron chi connectivity index (χ0n) is 14.6. The second kappa shape index (κ2) is 8.07. The summed E-state index contributed by atoms with van der Waals surface area (Å²) < 4.78 is 18.8. The lowest BCUT2D eigenvalue weighted by Crippen LogP contribution is -2.16. The van der Waals surface area contributed by atoms with Gasteiger partial charge in [-0.15, -0.1) is 6.58 Å². The smallest absolute Gasteiger partial charge is 0.339 e. The predicted octanol–water partition coefficient (Wildman–Crippen LogP) is 3.07. The molecule has 1 atom stereocenters. The molecule has 0 aliphatic rings. The van der Waals surface area contributed by atoms with Gasteiger partial charge in [-0.2, -0.15) is 0 Å². The molecule has 1 aromatic carbocycles. The molecule has 0 saturated heterocycles. The molecule has 2 aromatic rings. The highest BCUT2D eigenvalue weighted by Gasteiger charge is 2.19. The fourth-order valence-electron chi connectivity index (χ4n) is 2.67. The fourth-order valence-corrected chi connectivity index (χ4v) is 3.40. The van der Waals surface area contributed by atoms with Gasteiger partial charge in [0.25, 0.3) is 0 Å². The Morgan fingerprint density at radius 1 is 1.24 bits per heavy atom. The van der Waals surface area contributed by atoms with Crippen molar-refractivity contribution < 1.29 is 18.5 Å². The van der Waals surface area contributed by atoms with E-state index in [1.165, 1.54) is 6.26 Å². The normalized spacial score (nSPS) is 11.8. The summed E-state index contributed by atoms with van der Waals surface area (Å²) in [5, 5.41) is 0. The third-order valence-electron chi connectivity index (χ3n) is 3.94. The molecule has 0 unspecified atom stereocenters. The van der Waals surface area contributed by atoms with Gasteiger partial charge in [0, 0.05) is 29.8 Å². The Morgan fingerprint density at radius 3 is 2.56 bits per heavy atom. The minimum absolute atomic E-state index is 0.216. The van der Waals surface area contributed by atoms with Crippen LogP contribution in [0.3, 0.4) is 0 Å². The highest BCUT2D eigenvalue weighted by atomic mass is 32.2. The highest BCUT2D eigenvalue weighted by molar-refractivity contribution is 7.84. The number of rotatable bonds is 7. The molecule has 0 radical (unpaired) electrons. The molecule has 0 fully saturated rings. The zero-order chi connectivity index (χ0) is 18.6. The molecule has 1 aromatic heterocycles. The molecule has 132 valence electrons. The van der Waals surface area contributed by atoms with E-state index in [1.807, 2.05) is 18.4 Å². The van der Waals surface area contributed by atoms with Crippen molar-refractivity contribution in [3.8, 4) is 0 Å². The number of Topliss-reactive ketones (excluding diaryl/α,β-unsaturated/α-hetero) is 1. The number of ketones is 1. The third-order valence-corrected chi connectivity index (χ3v) is 4.91. The minimum Gasteiger partial charge on any atom is -0.454 e. The first kappa shape index (κ1) is 18.9. The van der Waals surface area contributed by atoms with Crippen LogP contribution in [-0.4, -0.2) is 33.4 Å². The number of aryl methyl sites for hydroxylation is 1. The van der Waals surface area contributed by atoms with E-state index in [-0.39, 0.29) is 18.0 Å². The first-order chi connectivity index (χ1) is 11.9. The van der Waals surface area contributed by atoms with Crippen LogP contribution in [0.25, 0.3) is 0 Å². The Kier molecular flexibility index (Phi) is 6.09. The molecule has 0 saturated carbocycles. The molecule has 6 heteroatoms. The lowest BCUT2D eigenvalue weighted by molar-refractivity contribution is 0.0471. The SMILES string of the molecule is C=CCn1c(C)cc(C(=O)COC(=O)c2ccccc2[S@](C)=O)c1C. The standard InChI is InChI=1S/C19H21NO4S/c1-5-10-20-13(2)11-16(14(20)3)17(21)12-24-19(22)15-8-6-7-9-18(15)25(4)23/h5-9,11H,1,10,12H2,2-4H3/t25-/m0/s1. The van der Waals surface area contributed by atoms with E-state index < -0.39 is 16.8 Å². The van der Waals surface area contributed by atoms with Crippen LogP contribution in [0.1, 0.15) is 32.1 Å². The summed E-state index contributed by atoms with van der Waals surface area (Å²) in [5.41, 5.74) is 2.50. The van der Waals surface area contributed by atoms with Crippen molar-refractivity contribution in [2.75, 3.05) is 12.9 Å². The number of hydrogen-bond donors (Lipinski definition) is 0. The van der Waals surface area contributed by atoms with Gasteiger partial charge in [0.1, 0.15) is 0 Å². The van der Waals surface area contributed by atoms with Crippen molar-refractivity contribution in [2.24, 2.45) is 0 Å². The molecule has 1 heterocycles. The first-order valence-electron chi connectivity index (χ1n) is 7.77. The lowest BCUT2D eigenvalue weighted by atomic mass is 10.1. The number of esters is 1. The largest absolute Gasteiger partial charge is 0.454 e. The number of carbonyl (C=O) groups excluding carboxylic acids is 2. The van der Waals surface area contributed by atoms with Crippen molar-refractivity contribution in [2.45, 2.75) is 25.3 Å². The highest BCUT2D eigenvalue weighted by Crippen LogP contribution is 2.17. The van der Waals surface area contributed by atoms with E-state index in [0.717, 1.165) is 11.4 Å².